The van der Waals surface area contributed by atoms with Gasteiger partial charge in [0.1, 0.15) is 11.9 Å². The first-order valence-electron chi connectivity index (χ1n) is 6.97. The highest BCUT2D eigenvalue weighted by Crippen LogP contribution is 2.29. The molecule has 1 saturated carbocycles. The summed E-state index contributed by atoms with van der Waals surface area (Å²) < 4.78 is 6.25. The average molecular weight is 248 g/mol. The molecule has 0 aromatic carbocycles. The van der Waals surface area contributed by atoms with Gasteiger partial charge in [-0.1, -0.05) is 13.3 Å². The van der Waals surface area contributed by atoms with Gasteiger partial charge in [-0.25, -0.2) is 0 Å². The quantitative estimate of drug-likeness (QED) is 0.889. The molecule has 2 rings (SSSR count). The third kappa shape index (κ3) is 3.22. The fraction of sp³-hybridized carbons (Fsp3) is 0.667. The Labute approximate surface area is 110 Å². The molecule has 0 saturated heterocycles. The molecule has 1 aliphatic rings. The minimum Gasteiger partial charge on any atom is -0.490 e. The zero-order valence-electron chi connectivity index (χ0n) is 11.7. The highest BCUT2D eigenvalue weighted by molar-refractivity contribution is 5.33. The third-order valence-corrected chi connectivity index (χ3v) is 3.76. The molecule has 100 valence electrons. The number of nitrogens with zero attached hydrogens (tertiary/aromatic N) is 1. The van der Waals surface area contributed by atoms with Crippen molar-refractivity contribution in [2.75, 3.05) is 7.05 Å². The van der Waals surface area contributed by atoms with Crippen molar-refractivity contribution in [3.8, 4) is 5.75 Å². The Balaban J connectivity index is 2.13. The molecule has 1 N–H and O–H groups in total. The number of pyridine rings is 1. The predicted octanol–water partition coefficient (Wildman–Crippen LogP) is 3.07. The van der Waals surface area contributed by atoms with E-state index in [1.807, 2.05) is 20.2 Å². The molecular weight excluding hydrogens is 224 g/mol. The minimum atomic E-state index is 0.371. The Kier molecular flexibility index (Phi) is 4.59. The third-order valence-electron chi connectivity index (χ3n) is 3.76. The van der Waals surface area contributed by atoms with Crippen LogP contribution in [0.1, 0.15) is 43.9 Å². The van der Waals surface area contributed by atoms with Crippen molar-refractivity contribution in [1.82, 2.24) is 10.3 Å². The molecule has 1 aliphatic carbocycles. The Morgan fingerprint density at radius 1 is 1.39 bits per heavy atom. The lowest BCUT2D eigenvalue weighted by Crippen LogP contribution is -2.29. The van der Waals surface area contributed by atoms with Crippen LogP contribution in [0.5, 0.6) is 5.75 Å². The van der Waals surface area contributed by atoms with Crippen molar-refractivity contribution in [3.63, 3.8) is 0 Å². The normalized spacial score (nSPS) is 23.9. The smallest absolute Gasteiger partial charge is 0.127 e. The van der Waals surface area contributed by atoms with E-state index in [4.69, 9.17) is 4.74 Å². The first kappa shape index (κ1) is 13.3. The molecule has 1 heterocycles. The molecule has 0 bridgehead atoms. The summed E-state index contributed by atoms with van der Waals surface area (Å²) in [7, 11) is 1.95. The van der Waals surface area contributed by atoms with Crippen molar-refractivity contribution >= 4 is 0 Å². The van der Waals surface area contributed by atoms with E-state index >= 15 is 0 Å². The molecular formula is C15H24N2O. The van der Waals surface area contributed by atoms with E-state index in [2.05, 4.69) is 23.3 Å². The first-order chi connectivity index (χ1) is 8.70. The maximum atomic E-state index is 6.25. The van der Waals surface area contributed by atoms with Gasteiger partial charge in [0, 0.05) is 30.1 Å². The van der Waals surface area contributed by atoms with Crippen LogP contribution in [0.2, 0.25) is 0 Å². The second kappa shape index (κ2) is 6.19. The van der Waals surface area contributed by atoms with Crippen LogP contribution in [0.25, 0.3) is 0 Å². The molecule has 3 heteroatoms. The van der Waals surface area contributed by atoms with Gasteiger partial charge in [-0.05, 0) is 39.2 Å². The molecule has 0 spiro atoms. The van der Waals surface area contributed by atoms with E-state index in [-0.39, 0.29) is 0 Å². The Hall–Kier alpha value is -1.09. The highest BCUT2D eigenvalue weighted by atomic mass is 16.5. The topological polar surface area (TPSA) is 34.2 Å². The monoisotopic (exact) mass is 248 g/mol. The molecule has 1 aromatic heterocycles. The van der Waals surface area contributed by atoms with E-state index < -0.39 is 0 Å². The van der Waals surface area contributed by atoms with Gasteiger partial charge in [-0.3, -0.25) is 4.98 Å². The van der Waals surface area contributed by atoms with Gasteiger partial charge >= 0.3 is 0 Å². The first-order valence-corrected chi connectivity index (χ1v) is 6.97. The lowest BCUT2D eigenvalue weighted by Gasteiger charge is -2.30. The summed E-state index contributed by atoms with van der Waals surface area (Å²) in [6.07, 6.45) is 7.41. The van der Waals surface area contributed by atoms with E-state index in [0.29, 0.717) is 12.0 Å². The molecule has 2 unspecified atom stereocenters. The summed E-state index contributed by atoms with van der Waals surface area (Å²) in [6, 6.07) is 2.06. The van der Waals surface area contributed by atoms with Crippen molar-refractivity contribution in [2.45, 2.75) is 52.2 Å². The van der Waals surface area contributed by atoms with Gasteiger partial charge < -0.3 is 10.1 Å². The fourth-order valence-electron chi connectivity index (χ4n) is 2.62. The van der Waals surface area contributed by atoms with Crippen LogP contribution >= 0.6 is 0 Å². The number of hydrogen-bond donors (Lipinski definition) is 1. The largest absolute Gasteiger partial charge is 0.490 e. The second-order valence-electron chi connectivity index (χ2n) is 5.38. The molecule has 1 aromatic rings. The van der Waals surface area contributed by atoms with Crippen LogP contribution in [0.15, 0.2) is 12.3 Å². The van der Waals surface area contributed by atoms with Crippen molar-refractivity contribution in [2.24, 2.45) is 5.92 Å². The highest BCUT2D eigenvalue weighted by Gasteiger charge is 2.23. The summed E-state index contributed by atoms with van der Waals surface area (Å²) >= 11 is 0. The lowest BCUT2D eigenvalue weighted by molar-refractivity contribution is 0.101. The Morgan fingerprint density at radius 3 is 2.89 bits per heavy atom. The Morgan fingerprint density at radius 2 is 2.17 bits per heavy atom. The van der Waals surface area contributed by atoms with Gasteiger partial charge in [0.15, 0.2) is 0 Å². The molecule has 2 atom stereocenters. The van der Waals surface area contributed by atoms with Crippen molar-refractivity contribution in [1.29, 1.82) is 0 Å². The number of hydrogen-bond acceptors (Lipinski definition) is 3. The number of aromatic nitrogens is 1. The Bertz CT molecular complexity index is 392. The summed E-state index contributed by atoms with van der Waals surface area (Å²) in [4.78, 5) is 4.35. The SMILES string of the molecule is CNCc1cnc(C)cc1OC1CCCCC1C. The average Bonchev–Trinajstić information content (AvgIpc) is 2.36. The number of rotatable bonds is 4. The molecule has 3 nitrogen and oxygen atoms in total. The fourth-order valence-corrected chi connectivity index (χ4v) is 2.62. The van der Waals surface area contributed by atoms with Crippen molar-refractivity contribution < 1.29 is 4.74 Å². The van der Waals surface area contributed by atoms with Crippen LogP contribution in [0, 0.1) is 12.8 Å². The van der Waals surface area contributed by atoms with E-state index in [1.54, 1.807) is 0 Å². The maximum absolute atomic E-state index is 6.25. The van der Waals surface area contributed by atoms with Crippen LogP contribution in [0.3, 0.4) is 0 Å². The summed E-state index contributed by atoms with van der Waals surface area (Å²) in [5.74, 6) is 1.67. The lowest BCUT2D eigenvalue weighted by atomic mass is 9.88. The van der Waals surface area contributed by atoms with Crippen molar-refractivity contribution in [3.05, 3.63) is 23.5 Å². The van der Waals surface area contributed by atoms with E-state index in [0.717, 1.165) is 23.6 Å². The van der Waals surface area contributed by atoms with Crippen LogP contribution in [0.4, 0.5) is 0 Å². The maximum Gasteiger partial charge on any atom is 0.127 e. The molecule has 0 aliphatic heterocycles. The summed E-state index contributed by atoms with van der Waals surface area (Å²) in [5, 5.41) is 3.17. The van der Waals surface area contributed by atoms with Crippen LogP contribution in [-0.4, -0.2) is 18.1 Å². The number of aryl methyl sites for hydroxylation is 1. The summed E-state index contributed by atoms with van der Waals surface area (Å²) in [5.41, 5.74) is 2.18. The molecule has 18 heavy (non-hydrogen) atoms. The molecule has 1 fully saturated rings. The number of nitrogens with one attached hydrogen (secondary N) is 1. The summed E-state index contributed by atoms with van der Waals surface area (Å²) in [6.45, 7) is 5.12. The number of ether oxygens (including phenoxy) is 1. The minimum absolute atomic E-state index is 0.371. The predicted molar refractivity (Wildman–Crippen MR) is 73.8 cm³/mol. The van der Waals surface area contributed by atoms with Gasteiger partial charge in [-0.2, -0.15) is 0 Å². The van der Waals surface area contributed by atoms with E-state index in [1.165, 1.54) is 25.7 Å². The second-order valence-corrected chi connectivity index (χ2v) is 5.38. The molecule has 0 amide bonds. The van der Waals surface area contributed by atoms with Gasteiger partial charge in [0.2, 0.25) is 0 Å². The zero-order valence-corrected chi connectivity index (χ0v) is 11.7. The van der Waals surface area contributed by atoms with Crippen LogP contribution < -0.4 is 10.1 Å². The molecule has 0 radical (unpaired) electrons. The van der Waals surface area contributed by atoms with E-state index in [9.17, 15) is 0 Å². The van der Waals surface area contributed by atoms with Gasteiger partial charge in [0.05, 0.1) is 0 Å². The van der Waals surface area contributed by atoms with Gasteiger partial charge in [0.25, 0.3) is 0 Å². The van der Waals surface area contributed by atoms with Gasteiger partial charge in [-0.15, -0.1) is 0 Å². The standard InChI is InChI=1S/C15H24N2O/c1-11-6-4-5-7-14(11)18-15-8-12(2)17-10-13(15)9-16-3/h8,10-11,14,16H,4-7,9H2,1-3H3. The van der Waals surface area contributed by atoms with Crippen LogP contribution in [-0.2, 0) is 6.54 Å². The zero-order chi connectivity index (χ0) is 13.0.